The van der Waals surface area contributed by atoms with Crippen molar-refractivity contribution < 1.29 is 0 Å². The van der Waals surface area contributed by atoms with E-state index in [0.29, 0.717) is 11.9 Å². The summed E-state index contributed by atoms with van der Waals surface area (Å²) < 4.78 is 0. The third-order valence-electron chi connectivity index (χ3n) is 5.19. The van der Waals surface area contributed by atoms with Gasteiger partial charge in [-0.15, -0.1) is 0 Å². The summed E-state index contributed by atoms with van der Waals surface area (Å²) >= 11 is 0. The average molecular weight is 297 g/mol. The first-order chi connectivity index (χ1) is 10.7. The lowest BCUT2D eigenvalue weighted by molar-refractivity contribution is 0.305. The molecule has 1 aromatic rings. The lowest BCUT2D eigenvalue weighted by atomic mass is 9.87. The van der Waals surface area contributed by atoms with E-state index < -0.39 is 0 Å². The summed E-state index contributed by atoms with van der Waals surface area (Å²) in [4.78, 5) is 11.1. The Labute approximate surface area is 131 Å². The number of hydrogen-bond acceptors (Lipinski definition) is 5. The SMILES string of the molecule is NC1=NC2(CCCCC2)N(c2ccc3c(c2)CCC3)C(N)=N1. The van der Waals surface area contributed by atoms with Gasteiger partial charge in [0, 0.05) is 5.69 Å². The van der Waals surface area contributed by atoms with Gasteiger partial charge in [0.1, 0.15) is 5.66 Å². The maximum Gasteiger partial charge on any atom is 0.220 e. The topological polar surface area (TPSA) is 80.0 Å². The molecule has 0 saturated heterocycles. The van der Waals surface area contributed by atoms with Gasteiger partial charge in [0.15, 0.2) is 0 Å². The fourth-order valence-electron chi connectivity index (χ4n) is 4.19. The number of nitrogens with two attached hydrogens (primary N) is 2. The zero-order chi connectivity index (χ0) is 15.2. The number of anilines is 1. The van der Waals surface area contributed by atoms with Crippen molar-refractivity contribution in [3.63, 3.8) is 0 Å². The van der Waals surface area contributed by atoms with E-state index in [1.165, 1.54) is 30.4 Å². The van der Waals surface area contributed by atoms with Gasteiger partial charge in [0.2, 0.25) is 11.9 Å². The lowest BCUT2D eigenvalue weighted by Crippen LogP contribution is -2.58. The maximum absolute atomic E-state index is 6.27. The molecular weight excluding hydrogens is 274 g/mol. The standard InChI is InChI=1S/C17H23N5/c18-15-20-16(19)22(17(21-15)9-2-1-3-10-17)14-8-7-12-5-4-6-13(12)11-14/h7-8,11H,1-6,9-10H2,(H4,18,19,20,21). The van der Waals surface area contributed by atoms with E-state index in [1.54, 1.807) is 0 Å². The van der Waals surface area contributed by atoms with Gasteiger partial charge in [-0.25, -0.2) is 4.99 Å². The van der Waals surface area contributed by atoms with Crippen LogP contribution in [0.15, 0.2) is 28.2 Å². The predicted octanol–water partition coefficient (Wildman–Crippen LogP) is 2.29. The van der Waals surface area contributed by atoms with Crippen molar-refractivity contribution in [2.75, 3.05) is 4.90 Å². The van der Waals surface area contributed by atoms with Crippen LogP contribution in [-0.2, 0) is 12.8 Å². The molecule has 1 spiro atoms. The Bertz CT molecular complexity index is 655. The molecule has 22 heavy (non-hydrogen) atoms. The van der Waals surface area contributed by atoms with E-state index in [2.05, 4.69) is 28.1 Å². The first-order valence-electron chi connectivity index (χ1n) is 8.29. The van der Waals surface area contributed by atoms with E-state index in [4.69, 9.17) is 16.5 Å². The largest absolute Gasteiger partial charge is 0.369 e. The van der Waals surface area contributed by atoms with Crippen molar-refractivity contribution in [3.05, 3.63) is 29.3 Å². The first kappa shape index (κ1) is 13.6. The lowest BCUT2D eigenvalue weighted by Gasteiger charge is -2.45. The van der Waals surface area contributed by atoms with Gasteiger partial charge in [0.25, 0.3) is 0 Å². The zero-order valence-electron chi connectivity index (χ0n) is 12.9. The Balaban J connectivity index is 1.79. The van der Waals surface area contributed by atoms with Crippen molar-refractivity contribution in [3.8, 4) is 0 Å². The van der Waals surface area contributed by atoms with Crippen LogP contribution in [0, 0.1) is 0 Å². The molecule has 5 nitrogen and oxygen atoms in total. The van der Waals surface area contributed by atoms with E-state index in [0.717, 1.165) is 37.8 Å². The van der Waals surface area contributed by atoms with Crippen LogP contribution in [0.5, 0.6) is 0 Å². The number of aliphatic imine (C=N–C) groups is 2. The average Bonchev–Trinajstić information content (AvgIpc) is 2.94. The van der Waals surface area contributed by atoms with Gasteiger partial charge >= 0.3 is 0 Å². The molecule has 2 aliphatic carbocycles. The van der Waals surface area contributed by atoms with Crippen molar-refractivity contribution in [2.24, 2.45) is 21.5 Å². The molecule has 1 heterocycles. The molecule has 4 rings (SSSR count). The number of nitrogens with zero attached hydrogens (tertiary/aromatic N) is 3. The molecule has 1 saturated carbocycles. The second kappa shape index (κ2) is 5.00. The highest BCUT2D eigenvalue weighted by molar-refractivity contribution is 6.05. The minimum absolute atomic E-state index is 0.316. The van der Waals surface area contributed by atoms with Gasteiger partial charge < -0.3 is 11.5 Å². The fraction of sp³-hybridized carbons (Fsp3) is 0.529. The number of benzene rings is 1. The molecule has 116 valence electrons. The smallest absolute Gasteiger partial charge is 0.220 e. The Morgan fingerprint density at radius 3 is 2.55 bits per heavy atom. The number of aryl methyl sites for hydroxylation is 2. The van der Waals surface area contributed by atoms with Crippen molar-refractivity contribution in [1.82, 2.24) is 0 Å². The molecule has 5 heteroatoms. The monoisotopic (exact) mass is 297 g/mol. The first-order valence-corrected chi connectivity index (χ1v) is 8.29. The molecule has 1 aliphatic heterocycles. The molecule has 0 aromatic heterocycles. The summed E-state index contributed by atoms with van der Waals surface area (Å²) in [5.41, 5.74) is 15.9. The zero-order valence-corrected chi connectivity index (χ0v) is 12.9. The maximum atomic E-state index is 6.27. The third kappa shape index (κ3) is 2.07. The van der Waals surface area contributed by atoms with Crippen molar-refractivity contribution in [1.29, 1.82) is 0 Å². The van der Waals surface area contributed by atoms with Crippen LogP contribution >= 0.6 is 0 Å². The second-order valence-corrected chi connectivity index (χ2v) is 6.63. The van der Waals surface area contributed by atoms with Gasteiger partial charge in [-0.2, -0.15) is 4.99 Å². The summed E-state index contributed by atoms with van der Waals surface area (Å²) in [5, 5.41) is 0. The van der Waals surface area contributed by atoms with Crippen molar-refractivity contribution in [2.45, 2.75) is 57.0 Å². The number of hydrogen-bond donors (Lipinski definition) is 2. The molecule has 0 amide bonds. The fourth-order valence-corrected chi connectivity index (χ4v) is 4.19. The molecule has 1 fully saturated rings. The number of fused-ring (bicyclic) bond motifs is 1. The summed E-state index contributed by atoms with van der Waals surface area (Å²) in [7, 11) is 0. The van der Waals surface area contributed by atoms with Crippen LogP contribution in [0.2, 0.25) is 0 Å². The van der Waals surface area contributed by atoms with Gasteiger partial charge in [-0.1, -0.05) is 12.5 Å². The Morgan fingerprint density at radius 1 is 0.955 bits per heavy atom. The van der Waals surface area contributed by atoms with E-state index in [-0.39, 0.29) is 5.66 Å². The van der Waals surface area contributed by atoms with Gasteiger partial charge in [0.05, 0.1) is 0 Å². The summed E-state index contributed by atoms with van der Waals surface area (Å²) in [5.74, 6) is 0.796. The highest BCUT2D eigenvalue weighted by Crippen LogP contribution is 2.40. The van der Waals surface area contributed by atoms with Crippen LogP contribution in [0.25, 0.3) is 0 Å². The normalized spacial score (nSPS) is 23.2. The number of guanidine groups is 2. The molecule has 0 bridgehead atoms. The third-order valence-corrected chi connectivity index (χ3v) is 5.19. The summed E-state index contributed by atoms with van der Waals surface area (Å²) in [6.45, 7) is 0. The Hall–Kier alpha value is -2.04. The quantitative estimate of drug-likeness (QED) is 0.834. The molecule has 4 N–H and O–H groups in total. The van der Waals surface area contributed by atoms with Crippen molar-refractivity contribution >= 4 is 17.6 Å². The highest BCUT2D eigenvalue weighted by atomic mass is 15.4. The molecule has 0 unspecified atom stereocenters. The van der Waals surface area contributed by atoms with Crippen LogP contribution in [0.1, 0.15) is 49.7 Å². The number of rotatable bonds is 1. The Morgan fingerprint density at radius 2 is 1.73 bits per heavy atom. The van der Waals surface area contributed by atoms with Gasteiger partial charge in [-0.3, -0.25) is 4.90 Å². The van der Waals surface area contributed by atoms with Crippen LogP contribution in [-0.4, -0.2) is 17.6 Å². The molecule has 1 aromatic carbocycles. The van der Waals surface area contributed by atoms with Crippen LogP contribution in [0.3, 0.4) is 0 Å². The van der Waals surface area contributed by atoms with E-state index in [1.807, 2.05) is 0 Å². The van der Waals surface area contributed by atoms with Crippen LogP contribution in [0.4, 0.5) is 5.69 Å². The minimum atomic E-state index is -0.332. The second-order valence-electron chi connectivity index (χ2n) is 6.63. The molecule has 0 radical (unpaired) electrons. The summed E-state index contributed by atoms with van der Waals surface area (Å²) in [6, 6.07) is 6.68. The highest BCUT2D eigenvalue weighted by Gasteiger charge is 2.42. The molecule has 0 atom stereocenters. The van der Waals surface area contributed by atoms with Gasteiger partial charge in [-0.05, 0) is 68.2 Å². The minimum Gasteiger partial charge on any atom is -0.369 e. The Kier molecular flexibility index (Phi) is 3.10. The molecular formula is C17H23N5. The molecule has 3 aliphatic rings. The predicted molar refractivity (Wildman–Crippen MR) is 90.0 cm³/mol. The van der Waals surface area contributed by atoms with E-state index in [9.17, 15) is 0 Å². The summed E-state index contributed by atoms with van der Waals surface area (Å²) in [6.07, 6.45) is 9.14. The van der Waals surface area contributed by atoms with Crippen LogP contribution < -0.4 is 16.4 Å². The van der Waals surface area contributed by atoms with E-state index >= 15 is 0 Å².